The number of nitrogens with zero attached hydrogens (tertiary/aromatic N) is 4. The van der Waals surface area contributed by atoms with Crippen molar-refractivity contribution in [3.63, 3.8) is 0 Å². The molecule has 0 radical (unpaired) electrons. The number of sulfonamides is 2. The molecule has 0 bridgehead atoms. The summed E-state index contributed by atoms with van der Waals surface area (Å²) in [6.07, 6.45) is 4.68. The fourth-order valence-electron chi connectivity index (χ4n) is 3.77. The smallest absolute Gasteiger partial charge is 0.256 e. The summed E-state index contributed by atoms with van der Waals surface area (Å²) < 4.78 is 54.5. The lowest BCUT2D eigenvalue weighted by atomic mass is 10.1. The van der Waals surface area contributed by atoms with E-state index in [1.807, 2.05) is 13.0 Å². The molecule has 9 nitrogen and oxygen atoms in total. The van der Waals surface area contributed by atoms with Crippen molar-refractivity contribution >= 4 is 31.8 Å². The second kappa shape index (κ2) is 7.88. The van der Waals surface area contributed by atoms with Crippen molar-refractivity contribution < 1.29 is 21.6 Å². The van der Waals surface area contributed by atoms with E-state index in [2.05, 4.69) is 4.40 Å². The maximum atomic E-state index is 13.1. The number of carbonyl (C=O) groups is 1. The summed E-state index contributed by atoms with van der Waals surface area (Å²) in [7, 11) is -7.08. The van der Waals surface area contributed by atoms with Crippen LogP contribution in [-0.2, 0) is 24.8 Å². The van der Waals surface area contributed by atoms with Gasteiger partial charge in [-0.15, -0.1) is 4.40 Å². The van der Waals surface area contributed by atoms with Gasteiger partial charge in [0.1, 0.15) is 5.84 Å². The molecular formula is C20H24N4O5S2. The molecule has 0 N–H and O–H groups in total. The molecule has 1 aromatic rings. The average Bonchev–Trinajstić information content (AvgIpc) is 2.74. The first-order valence-electron chi connectivity index (χ1n) is 9.93. The number of amides is 1. The van der Waals surface area contributed by atoms with Crippen LogP contribution in [0, 0.1) is 13.8 Å². The molecule has 1 amide bonds. The van der Waals surface area contributed by atoms with Gasteiger partial charge in [-0.05, 0) is 43.2 Å². The number of hydrogen-bond donors (Lipinski definition) is 0. The van der Waals surface area contributed by atoms with Gasteiger partial charge in [-0.1, -0.05) is 12.1 Å². The molecule has 1 aromatic carbocycles. The summed E-state index contributed by atoms with van der Waals surface area (Å²) in [4.78, 5) is 16.5. The Morgan fingerprint density at radius 2 is 1.74 bits per heavy atom. The Morgan fingerprint density at radius 3 is 2.45 bits per heavy atom. The normalized spacial score (nSPS) is 21.4. The molecule has 0 aliphatic carbocycles. The molecule has 0 aromatic heterocycles. The van der Waals surface area contributed by atoms with E-state index in [4.69, 9.17) is 0 Å². The van der Waals surface area contributed by atoms with Gasteiger partial charge in [-0.25, -0.2) is 16.8 Å². The van der Waals surface area contributed by atoms with Crippen molar-refractivity contribution in [2.45, 2.75) is 18.7 Å². The summed E-state index contributed by atoms with van der Waals surface area (Å²) in [6.45, 7) is 4.86. The standard InChI is InChI=1S/C20H24N4O5S2/c1-15-3-4-16(2)18(13-15)31(28,29)24-9-7-22(8-10-24)20(25)17-5-6-19-21-30(26,27)12-11-23(19)14-17/h3-6,13-14H,7-12H2,1-2H3. The van der Waals surface area contributed by atoms with Crippen molar-refractivity contribution in [1.82, 2.24) is 14.1 Å². The van der Waals surface area contributed by atoms with E-state index < -0.39 is 20.0 Å². The predicted octanol–water partition coefficient (Wildman–Crippen LogP) is 0.634. The van der Waals surface area contributed by atoms with Gasteiger partial charge in [-0.2, -0.15) is 4.31 Å². The third-order valence-corrected chi connectivity index (χ3v) is 8.76. The van der Waals surface area contributed by atoms with Crippen LogP contribution >= 0.6 is 0 Å². The Kier molecular flexibility index (Phi) is 5.52. The Bertz CT molecular complexity index is 1220. The number of amidine groups is 1. The molecule has 3 aliphatic rings. The van der Waals surface area contributed by atoms with Gasteiger partial charge in [-0.3, -0.25) is 4.79 Å². The Hall–Kier alpha value is -2.50. The van der Waals surface area contributed by atoms with Crippen LogP contribution in [0.1, 0.15) is 11.1 Å². The minimum Gasteiger partial charge on any atom is -0.336 e. The second-order valence-corrected chi connectivity index (χ2v) is 11.5. The molecular weight excluding hydrogens is 440 g/mol. The topological polar surface area (TPSA) is 107 Å². The molecule has 4 rings (SSSR count). The molecule has 0 atom stereocenters. The zero-order valence-electron chi connectivity index (χ0n) is 17.4. The average molecular weight is 465 g/mol. The first kappa shape index (κ1) is 21.7. The highest BCUT2D eigenvalue weighted by Crippen LogP contribution is 2.23. The highest BCUT2D eigenvalue weighted by molar-refractivity contribution is 7.90. The van der Waals surface area contributed by atoms with Crippen molar-refractivity contribution in [2.24, 2.45) is 4.40 Å². The largest absolute Gasteiger partial charge is 0.336 e. The molecule has 0 saturated carbocycles. The quantitative estimate of drug-likeness (QED) is 0.650. The van der Waals surface area contributed by atoms with Crippen molar-refractivity contribution in [2.75, 3.05) is 38.5 Å². The lowest BCUT2D eigenvalue weighted by molar-refractivity contribution is -0.128. The van der Waals surface area contributed by atoms with Crippen LogP contribution in [0.2, 0.25) is 0 Å². The molecule has 31 heavy (non-hydrogen) atoms. The minimum absolute atomic E-state index is 0.1000. The van der Waals surface area contributed by atoms with E-state index in [-0.39, 0.29) is 44.4 Å². The van der Waals surface area contributed by atoms with Crippen molar-refractivity contribution in [3.05, 3.63) is 53.3 Å². The Balaban J connectivity index is 1.45. The summed E-state index contributed by atoms with van der Waals surface area (Å²) in [5.41, 5.74) is 1.99. The maximum absolute atomic E-state index is 13.1. The van der Waals surface area contributed by atoms with Crippen LogP contribution in [0.25, 0.3) is 0 Å². The fraction of sp³-hybridized carbons (Fsp3) is 0.400. The van der Waals surface area contributed by atoms with Crippen LogP contribution in [0.5, 0.6) is 0 Å². The fourth-order valence-corrected chi connectivity index (χ4v) is 6.47. The van der Waals surface area contributed by atoms with Crippen LogP contribution < -0.4 is 0 Å². The number of aryl methyl sites for hydroxylation is 2. The number of piperazine rings is 1. The van der Waals surface area contributed by atoms with Crippen LogP contribution in [-0.4, -0.2) is 81.2 Å². The maximum Gasteiger partial charge on any atom is 0.256 e. The first-order chi connectivity index (χ1) is 14.6. The van der Waals surface area contributed by atoms with Crippen molar-refractivity contribution in [1.29, 1.82) is 0 Å². The lowest BCUT2D eigenvalue weighted by Crippen LogP contribution is -2.51. The summed E-state index contributed by atoms with van der Waals surface area (Å²) in [5, 5.41) is 0. The van der Waals surface area contributed by atoms with Gasteiger partial charge in [0.15, 0.2) is 0 Å². The van der Waals surface area contributed by atoms with Gasteiger partial charge >= 0.3 is 0 Å². The molecule has 1 saturated heterocycles. The summed E-state index contributed by atoms with van der Waals surface area (Å²) in [5.74, 6) is -0.0169. The Morgan fingerprint density at radius 1 is 1.03 bits per heavy atom. The van der Waals surface area contributed by atoms with Gasteiger partial charge in [0.25, 0.3) is 15.9 Å². The molecule has 0 spiro atoms. The molecule has 3 aliphatic heterocycles. The summed E-state index contributed by atoms with van der Waals surface area (Å²) in [6, 6.07) is 5.36. The summed E-state index contributed by atoms with van der Waals surface area (Å²) >= 11 is 0. The zero-order valence-corrected chi connectivity index (χ0v) is 19.0. The molecule has 0 unspecified atom stereocenters. The van der Waals surface area contributed by atoms with E-state index in [9.17, 15) is 21.6 Å². The van der Waals surface area contributed by atoms with Gasteiger partial charge in [0.05, 0.1) is 16.2 Å². The third kappa shape index (κ3) is 4.30. The SMILES string of the molecule is Cc1ccc(C)c(S(=O)(=O)N2CCN(C(=O)C3=CN4CCS(=O)(=O)N=C4C=C3)CC2)c1. The van der Waals surface area contributed by atoms with E-state index in [1.54, 1.807) is 41.1 Å². The number of fused-ring (bicyclic) bond motifs is 1. The lowest BCUT2D eigenvalue weighted by Gasteiger charge is -2.35. The predicted molar refractivity (Wildman–Crippen MR) is 116 cm³/mol. The van der Waals surface area contributed by atoms with Gasteiger partial charge in [0.2, 0.25) is 10.0 Å². The van der Waals surface area contributed by atoms with Crippen molar-refractivity contribution in [3.8, 4) is 0 Å². The number of carbonyl (C=O) groups excluding carboxylic acids is 1. The van der Waals surface area contributed by atoms with E-state index in [1.165, 1.54) is 10.4 Å². The monoisotopic (exact) mass is 464 g/mol. The van der Waals surface area contributed by atoms with E-state index in [0.29, 0.717) is 21.9 Å². The second-order valence-electron chi connectivity index (χ2n) is 7.81. The minimum atomic E-state index is -3.63. The van der Waals surface area contributed by atoms with Crippen LogP contribution in [0.4, 0.5) is 0 Å². The van der Waals surface area contributed by atoms with E-state index in [0.717, 1.165) is 5.56 Å². The third-order valence-electron chi connectivity index (χ3n) is 5.56. The molecule has 11 heteroatoms. The number of hydrogen-bond acceptors (Lipinski definition) is 6. The van der Waals surface area contributed by atoms with Crippen LogP contribution in [0.3, 0.4) is 0 Å². The van der Waals surface area contributed by atoms with Gasteiger partial charge in [0, 0.05) is 38.9 Å². The number of rotatable bonds is 3. The Labute approximate surface area is 182 Å². The molecule has 1 fully saturated rings. The molecule has 166 valence electrons. The first-order valence-corrected chi connectivity index (χ1v) is 13.0. The highest BCUT2D eigenvalue weighted by Gasteiger charge is 2.32. The molecule has 3 heterocycles. The zero-order chi connectivity index (χ0) is 22.4. The van der Waals surface area contributed by atoms with Crippen LogP contribution in [0.15, 0.2) is 51.4 Å². The highest BCUT2D eigenvalue weighted by atomic mass is 32.2. The number of benzene rings is 1. The van der Waals surface area contributed by atoms with Gasteiger partial charge < -0.3 is 9.80 Å². The van der Waals surface area contributed by atoms with E-state index >= 15 is 0 Å².